The van der Waals surface area contributed by atoms with Gasteiger partial charge in [0.2, 0.25) is 65.0 Å². The molecule has 0 radical (unpaired) electrons. The molecule has 33 heteroatoms. The van der Waals surface area contributed by atoms with Gasteiger partial charge in [-0.15, -0.1) is 0 Å². The standard InChI is InChI=1S/C38H57N11O22/c1-14(30(40)63)41-32(65)17(4-7-25(53)54)44-33(66)18(5-8-26(55)56)45-36(69)21(11-28(59)60)47-31(64)15(2)42-35(68)20(10-24(39)52)48-37(70)22(12-29(61)62)49-34(67)19(6-9-27(57)58)46-38(71)23(13-50)43-16(3)51/h14-15,17-23,50H,4-13H2,1-3H3,(H2,39,52)(H2,40,63)(H,41,65)(H,42,68)(H,43,51)(H,44,66)(H,45,69)(H,46,71)(H,47,64)(H,48,70)(H,49,67)(H,53,54)(H,55,56)(H,57,58)(H,59,60)(H,61,62)/t14?,15?,17-,18?,19-,20-,21-,22?,23?/m1/s1. The molecule has 0 aromatic rings. The van der Waals surface area contributed by atoms with E-state index in [1.54, 1.807) is 0 Å². The van der Waals surface area contributed by atoms with E-state index in [1.165, 1.54) is 0 Å². The van der Waals surface area contributed by atoms with Crippen molar-refractivity contribution in [1.29, 1.82) is 0 Å². The summed E-state index contributed by atoms with van der Waals surface area (Å²) in [5.41, 5.74) is 10.3. The van der Waals surface area contributed by atoms with Gasteiger partial charge in [-0.3, -0.25) is 76.7 Å². The molecule has 0 bridgehead atoms. The van der Waals surface area contributed by atoms with E-state index in [9.17, 15) is 97.1 Å². The number of rotatable bonds is 34. The number of nitrogens with two attached hydrogens (primary N) is 2. The van der Waals surface area contributed by atoms with Crippen LogP contribution in [0.15, 0.2) is 0 Å². The number of carbonyl (C=O) groups is 16. The van der Waals surface area contributed by atoms with E-state index in [0.29, 0.717) is 0 Å². The number of nitrogens with one attached hydrogen (secondary N) is 9. The summed E-state index contributed by atoms with van der Waals surface area (Å²) in [5, 5.41) is 74.3. The first kappa shape index (κ1) is 62.5. The maximum Gasteiger partial charge on any atom is 0.305 e. The van der Waals surface area contributed by atoms with Crippen molar-refractivity contribution in [3.05, 3.63) is 0 Å². The fourth-order valence-corrected chi connectivity index (χ4v) is 5.65. The SMILES string of the molecule is CC(=O)NC(CO)C(=O)N[C@H](CCC(=O)O)C(=O)NC(CC(=O)O)C(=O)N[C@H](CC(N)=O)C(=O)NC(C)C(=O)N[C@H](CC(=O)O)C(=O)NC(CCC(=O)O)C(=O)N[C@H](CCC(=O)O)C(=O)NC(C)C(N)=O. The Labute approximate surface area is 400 Å². The lowest BCUT2D eigenvalue weighted by atomic mass is 10.1. The minimum absolute atomic E-state index is 0.601. The van der Waals surface area contributed by atoms with Crippen LogP contribution in [0.4, 0.5) is 0 Å². The number of aliphatic hydroxyl groups excluding tert-OH is 1. The minimum atomic E-state index is -2.16. The van der Waals surface area contributed by atoms with E-state index < -0.39 is 214 Å². The largest absolute Gasteiger partial charge is 0.481 e. The second kappa shape index (κ2) is 30.8. The zero-order valence-corrected chi connectivity index (χ0v) is 38.1. The van der Waals surface area contributed by atoms with Crippen LogP contribution in [-0.2, 0) is 76.7 Å². The van der Waals surface area contributed by atoms with Crippen molar-refractivity contribution in [2.75, 3.05) is 6.61 Å². The first-order chi connectivity index (χ1) is 32.9. The average Bonchev–Trinajstić information content (AvgIpc) is 3.24. The van der Waals surface area contributed by atoms with Crippen molar-refractivity contribution in [2.24, 2.45) is 11.5 Å². The molecule has 396 valence electrons. The first-order valence-corrected chi connectivity index (χ1v) is 20.9. The van der Waals surface area contributed by atoms with Crippen molar-refractivity contribution in [1.82, 2.24) is 47.9 Å². The quantitative estimate of drug-likeness (QED) is 0.0285. The molecule has 9 atom stereocenters. The maximum absolute atomic E-state index is 13.4. The molecule has 71 heavy (non-hydrogen) atoms. The van der Waals surface area contributed by atoms with Gasteiger partial charge in [-0.25, -0.2) is 0 Å². The van der Waals surface area contributed by atoms with E-state index in [2.05, 4.69) is 21.3 Å². The molecule has 0 aromatic heterocycles. The summed E-state index contributed by atoms with van der Waals surface area (Å²) in [4.78, 5) is 198. The molecule has 0 aliphatic heterocycles. The predicted octanol–water partition coefficient (Wildman–Crippen LogP) is -8.69. The van der Waals surface area contributed by atoms with Gasteiger partial charge in [0.1, 0.15) is 54.4 Å². The topological polar surface area (TPSA) is 555 Å². The minimum Gasteiger partial charge on any atom is -0.481 e. The number of hydrogen-bond donors (Lipinski definition) is 17. The molecule has 0 heterocycles. The second-order valence-corrected chi connectivity index (χ2v) is 15.3. The number of primary amides is 2. The molecule has 0 rings (SSSR count). The summed E-state index contributed by atoms with van der Waals surface area (Å²) in [5.74, 6) is -21.8. The van der Waals surface area contributed by atoms with Gasteiger partial charge in [0.05, 0.1) is 25.9 Å². The third-order valence-electron chi connectivity index (χ3n) is 9.32. The molecule has 19 N–H and O–H groups in total. The van der Waals surface area contributed by atoms with Crippen LogP contribution < -0.4 is 59.3 Å². The highest BCUT2D eigenvalue weighted by Crippen LogP contribution is 2.08. The van der Waals surface area contributed by atoms with Crippen LogP contribution in [0.5, 0.6) is 0 Å². The summed E-state index contributed by atoms with van der Waals surface area (Å²) in [6.07, 6.45) is -7.96. The molecular weight excluding hydrogens is 962 g/mol. The van der Waals surface area contributed by atoms with Crippen LogP contribution in [0.1, 0.15) is 78.6 Å². The second-order valence-electron chi connectivity index (χ2n) is 15.3. The Kier molecular flexibility index (Phi) is 27.1. The molecule has 0 aromatic carbocycles. The zero-order chi connectivity index (χ0) is 54.9. The monoisotopic (exact) mass is 1020 g/mol. The van der Waals surface area contributed by atoms with Crippen molar-refractivity contribution < 1.29 is 107 Å². The number of amides is 11. The number of carboxylic acids is 5. The summed E-state index contributed by atoms with van der Waals surface area (Å²) in [6.45, 7) is 2.08. The Morgan fingerprint density at radius 1 is 0.366 bits per heavy atom. The van der Waals surface area contributed by atoms with Gasteiger partial charge < -0.3 is 90.0 Å². The summed E-state index contributed by atoms with van der Waals surface area (Å²) >= 11 is 0. The van der Waals surface area contributed by atoms with Gasteiger partial charge in [-0.1, -0.05) is 0 Å². The van der Waals surface area contributed by atoms with Crippen LogP contribution in [0.25, 0.3) is 0 Å². The van der Waals surface area contributed by atoms with E-state index in [-0.39, 0.29) is 0 Å². The van der Waals surface area contributed by atoms with Gasteiger partial charge in [0, 0.05) is 26.2 Å². The molecule has 33 nitrogen and oxygen atoms in total. The normalized spacial score (nSPS) is 14.4. The van der Waals surface area contributed by atoms with Crippen LogP contribution in [0, 0.1) is 0 Å². The molecular formula is C38H57N11O22. The number of aliphatic hydroxyl groups is 1. The molecule has 0 aliphatic rings. The highest BCUT2D eigenvalue weighted by Gasteiger charge is 2.36. The van der Waals surface area contributed by atoms with Crippen molar-refractivity contribution in [3.63, 3.8) is 0 Å². The lowest BCUT2D eigenvalue weighted by Gasteiger charge is -2.26. The molecule has 0 fully saturated rings. The Bertz CT molecular complexity index is 2070. The fourth-order valence-electron chi connectivity index (χ4n) is 5.65. The summed E-state index contributed by atoms with van der Waals surface area (Å²) < 4.78 is 0. The van der Waals surface area contributed by atoms with Gasteiger partial charge in [0.15, 0.2) is 0 Å². The molecule has 11 amide bonds. The molecule has 0 saturated carbocycles. The average molecular weight is 1020 g/mol. The number of carboxylic acid groups (broad SMARTS) is 5. The predicted molar refractivity (Wildman–Crippen MR) is 230 cm³/mol. The van der Waals surface area contributed by atoms with Gasteiger partial charge in [0.25, 0.3) is 0 Å². The fraction of sp³-hybridized carbons (Fsp3) is 0.579. The van der Waals surface area contributed by atoms with Crippen molar-refractivity contribution in [2.45, 2.75) is 133 Å². The maximum atomic E-state index is 13.4. The van der Waals surface area contributed by atoms with E-state index in [1.807, 2.05) is 26.6 Å². The first-order valence-electron chi connectivity index (χ1n) is 20.9. The van der Waals surface area contributed by atoms with Gasteiger partial charge in [-0.05, 0) is 33.1 Å². The Morgan fingerprint density at radius 3 is 0.958 bits per heavy atom. The Hall–Kier alpha value is -8.52. The Morgan fingerprint density at radius 2 is 0.648 bits per heavy atom. The van der Waals surface area contributed by atoms with Crippen LogP contribution in [0.2, 0.25) is 0 Å². The third kappa shape index (κ3) is 25.4. The summed E-state index contributed by atoms with van der Waals surface area (Å²) in [6, 6.07) is -16.7. The molecule has 0 aliphatic carbocycles. The van der Waals surface area contributed by atoms with Crippen LogP contribution in [0.3, 0.4) is 0 Å². The van der Waals surface area contributed by atoms with Crippen LogP contribution in [-0.4, -0.2) is 186 Å². The number of hydrogen-bond acceptors (Lipinski definition) is 17. The van der Waals surface area contributed by atoms with Gasteiger partial charge >= 0.3 is 29.8 Å². The Balaban J connectivity index is 6.46. The molecule has 5 unspecified atom stereocenters. The number of aliphatic carboxylic acids is 5. The molecule has 0 spiro atoms. The van der Waals surface area contributed by atoms with E-state index >= 15 is 0 Å². The van der Waals surface area contributed by atoms with Crippen LogP contribution >= 0.6 is 0 Å². The smallest absolute Gasteiger partial charge is 0.305 e. The van der Waals surface area contributed by atoms with Gasteiger partial charge in [-0.2, -0.15) is 0 Å². The van der Waals surface area contributed by atoms with E-state index in [4.69, 9.17) is 21.7 Å². The zero-order valence-electron chi connectivity index (χ0n) is 38.1. The highest BCUT2D eigenvalue weighted by atomic mass is 16.4. The van der Waals surface area contributed by atoms with Crippen molar-refractivity contribution >= 4 is 94.8 Å². The lowest BCUT2D eigenvalue weighted by molar-refractivity contribution is -0.143. The third-order valence-corrected chi connectivity index (χ3v) is 9.32. The lowest BCUT2D eigenvalue weighted by Crippen LogP contribution is -2.60. The van der Waals surface area contributed by atoms with Crippen molar-refractivity contribution in [3.8, 4) is 0 Å². The van der Waals surface area contributed by atoms with E-state index in [0.717, 1.165) is 20.8 Å². The number of carbonyl (C=O) groups excluding carboxylic acids is 11. The highest BCUT2D eigenvalue weighted by molar-refractivity contribution is 6.00. The molecule has 0 saturated heterocycles. The summed E-state index contributed by atoms with van der Waals surface area (Å²) in [7, 11) is 0.